The van der Waals surface area contributed by atoms with E-state index in [1.54, 1.807) is 60.7 Å². The van der Waals surface area contributed by atoms with E-state index in [0.717, 1.165) is 28.4 Å². The van der Waals surface area contributed by atoms with Gasteiger partial charge in [0, 0.05) is 24.5 Å². The Hall–Kier alpha value is -4.97. The van der Waals surface area contributed by atoms with Crippen molar-refractivity contribution in [1.29, 1.82) is 0 Å². The van der Waals surface area contributed by atoms with E-state index >= 15 is 0 Å². The van der Waals surface area contributed by atoms with Crippen LogP contribution in [0.3, 0.4) is 0 Å². The van der Waals surface area contributed by atoms with Crippen LogP contribution in [0.1, 0.15) is 16.7 Å². The Balaban J connectivity index is 0.000000973. The third kappa shape index (κ3) is 14.5. The highest BCUT2D eigenvalue weighted by molar-refractivity contribution is 7.93. The number of aliphatic carboxylic acids is 1. The Labute approximate surface area is 250 Å². The Morgan fingerprint density at radius 1 is 0.791 bits per heavy atom. The number of carbonyl (C=O) groups excluding carboxylic acids is 3. The summed E-state index contributed by atoms with van der Waals surface area (Å²) < 4.78 is 24.9. The first-order valence-corrected chi connectivity index (χ1v) is 15.1. The van der Waals surface area contributed by atoms with Gasteiger partial charge in [-0.2, -0.15) is 0 Å². The van der Waals surface area contributed by atoms with Crippen molar-refractivity contribution in [3.05, 3.63) is 120 Å². The molecule has 3 aromatic carbocycles. The first-order valence-electron chi connectivity index (χ1n) is 13.1. The van der Waals surface area contributed by atoms with Crippen LogP contribution < -0.4 is 16.0 Å². The molecule has 4 N–H and O–H groups in total. The van der Waals surface area contributed by atoms with Crippen molar-refractivity contribution in [1.82, 2.24) is 16.0 Å². The Morgan fingerprint density at radius 3 is 1.67 bits per heavy atom. The lowest BCUT2D eigenvalue weighted by Gasteiger charge is -2.22. The summed E-state index contributed by atoms with van der Waals surface area (Å²) in [5, 5.41) is 18.0. The number of hydrogen-bond donors (Lipinski definition) is 4. The molecule has 3 amide bonds. The van der Waals surface area contributed by atoms with Crippen LogP contribution in [0.25, 0.3) is 0 Å². The maximum Gasteiger partial charge on any atom is 0.407 e. The molecule has 11 nitrogen and oxygen atoms in total. The van der Waals surface area contributed by atoms with Crippen LogP contribution in [0, 0.1) is 0 Å². The van der Waals surface area contributed by atoms with Gasteiger partial charge in [-0.15, -0.1) is 0 Å². The van der Waals surface area contributed by atoms with Crippen LogP contribution in [0.4, 0.5) is 4.79 Å². The van der Waals surface area contributed by atoms with Gasteiger partial charge >= 0.3 is 12.1 Å². The van der Waals surface area contributed by atoms with Gasteiger partial charge in [0.25, 0.3) is 0 Å². The van der Waals surface area contributed by atoms with Crippen molar-refractivity contribution in [2.24, 2.45) is 0 Å². The van der Waals surface area contributed by atoms with Crippen molar-refractivity contribution in [3.63, 3.8) is 0 Å². The second kappa shape index (κ2) is 17.8. The topological polar surface area (TPSA) is 168 Å². The molecule has 0 heterocycles. The van der Waals surface area contributed by atoms with E-state index in [1.807, 2.05) is 30.3 Å². The summed E-state index contributed by atoms with van der Waals surface area (Å²) in [7, 11) is -2.90. The number of carboxylic acids is 1. The zero-order valence-electron chi connectivity index (χ0n) is 23.6. The maximum atomic E-state index is 13.1. The van der Waals surface area contributed by atoms with E-state index in [9.17, 15) is 32.7 Å². The number of sulfone groups is 1. The quantitative estimate of drug-likeness (QED) is 0.229. The van der Waals surface area contributed by atoms with Gasteiger partial charge in [0.1, 0.15) is 25.2 Å². The molecule has 2 unspecified atom stereocenters. The zero-order valence-corrected chi connectivity index (χ0v) is 24.5. The number of amides is 3. The van der Waals surface area contributed by atoms with Gasteiger partial charge in [-0.05, 0) is 16.7 Å². The number of benzene rings is 3. The molecule has 0 aromatic heterocycles. The fraction of sp³-hybridized carbons (Fsp3) is 0.226. The second-order valence-corrected chi connectivity index (χ2v) is 11.3. The summed E-state index contributed by atoms with van der Waals surface area (Å²) in [5.74, 6) is -2.46. The van der Waals surface area contributed by atoms with E-state index < -0.39 is 52.3 Å². The molecule has 0 fully saturated rings. The van der Waals surface area contributed by atoms with Gasteiger partial charge < -0.3 is 25.8 Å². The first-order chi connectivity index (χ1) is 20.5. The fourth-order valence-electron chi connectivity index (χ4n) is 3.55. The number of hydrogen-bond acceptors (Lipinski definition) is 7. The van der Waals surface area contributed by atoms with Gasteiger partial charge in [-0.3, -0.25) is 9.59 Å². The molecule has 43 heavy (non-hydrogen) atoms. The minimum Gasteiger partial charge on any atom is -0.480 e. The average molecular weight is 610 g/mol. The number of nitrogens with one attached hydrogen (secondary N) is 3. The Morgan fingerprint density at radius 2 is 1.23 bits per heavy atom. The minimum absolute atomic E-state index is 0.0469. The van der Waals surface area contributed by atoms with Crippen molar-refractivity contribution in [2.75, 3.05) is 12.8 Å². The van der Waals surface area contributed by atoms with Crippen LogP contribution >= 0.6 is 0 Å². The molecule has 12 heteroatoms. The summed E-state index contributed by atoms with van der Waals surface area (Å²) in [6.45, 7) is 2.67. The average Bonchev–Trinajstić information content (AvgIpc) is 2.99. The fourth-order valence-corrected chi connectivity index (χ4v) is 3.55. The molecule has 0 aliphatic rings. The van der Waals surface area contributed by atoms with Crippen LogP contribution in [0.2, 0.25) is 0 Å². The zero-order chi connectivity index (χ0) is 31.7. The van der Waals surface area contributed by atoms with E-state index in [2.05, 4.69) is 22.5 Å². The van der Waals surface area contributed by atoms with E-state index in [1.165, 1.54) is 0 Å². The highest BCUT2D eigenvalue weighted by atomic mass is 32.2. The van der Waals surface area contributed by atoms with Gasteiger partial charge in [0.2, 0.25) is 11.8 Å². The lowest BCUT2D eigenvalue weighted by Crippen LogP contribution is -2.54. The van der Waals surface area contributed by atoms with Crippen molar-refractivity contribution in [2.45, 2.75) is 31.5 Å². The van der Waals surface area contributed by atoms with Crippen LogP contribution in [-0.2, 0) is 48.4 Å². The summed E-state index contributed by atoms with van der Waals surface area (Å²) in [6.07, 6.45) is 0.536. The predicted octanol–water partition coefficient (Wildman–Crippen LogP) is 2.63. The standard InChI is InChI=1S/C28H29N3O6.C3H6O2S/c32-25(18-29-28(36)37-19-22-14-8-3-9-15-22)30-23(16-20-10-4-1-5-11-20)26(33)31-24(27(34)35)17-21-12-6-2-7-13-21;1-3-6(2,4)5/h1-15,23-24H,16-19H2,(H,29,36)(H,30,32)(H,31,33)(H,34,35);3H,1H2,2H3. The van der Waals surface area contributed by atoms with Gasteiger partial charge in [0.05, 0.1) is 0 Å². The summed E-state index contributed by atoms with van der Waals surface area (Å²) in [5.41, 5.74) is 2.32. The minimum atomic E-state index is -2.90. The number of alkyl carbamates (subject to hydrolysis) is 1. The van der Waals surface area contributed by atoms with Crippen molar-refractivity contribution >= 4 is 33.7 Å². The predicted molar refractivity (Wildman–Crippen MR) is 161 cm³/mol. The molecule has 0 aliphatic carbocycles. The molecule has 3 aromatic rings. The third-order valence-corrected chi connectivity index (χ3v) is 6.35. The molecule has 2 atom stereocenters. The second-order valence-electron chi connectivity index (χ2n) is 9.31. The van der Waals surface area contributed by atoms with Crippen LogP contribution in [0.5, 0.6) is 0 Å². The summed E-state index contributed by atoms with van der Waals surface area (Å²) in [4.78, 5) is 49.4. The molecule has 3 rings (SSSR count). The summed E-state index contributed by atoms with van der Waals surface area (Å²) >= 11 is 0. The lowest BCUT2D eigenvalue weighted by molar-refractivity contribution is -0.142. The largest absolute Gasteiger partial charge is 0.480 e. The summed E-state index contributed by atoms with van der Waals surface area (Å²) in [6, 6.07) is 24.8. The van der Waals surface area contributed by atoms with Crippen molar-refractivity contribution < 1.29 is 37.4 Å². The van der Waals surface area contributed by atoms with E-state index in [-0.39, 0.29) is 19.4 Å². The molecular formula is C31H35N3O8S. The molecule has 0 saturated carbocycles. The molecule has 0 aliphatic heterocycles. The Kier molecular flexibility index (Phi) is 14.1. The number of carbonyl (C=O) groups is 4. The molecule has 0 bridgehead atoms. The van der Waals surface area contributed by atoms with Gasteiger partial charge in [-0.25, -0.2) is 18.0 Å². The van der Waals surface area contributed by atoms with Crippen LogP contribution in [-0.4, -0.2) is 62.3 Å². The SMILES string of the molecule is C=CS(C)(=O)=O.O=C(CNC(=O)OCc1ccccc1)NC(Cc1ccccc1)C(=O)NC(Cc1ccccc1)C(=O)O. The molecule has 0 radical (unpaired) electrons. The monoisotopic (exact) mass is 609 g/mol. The Bertz CT molecular complexity index is 1440. The van der Waals surface area contributed by atoms with Gasteiger partial charge in [0.15, 0.2) is 9.84 Å². The number of rotatable bonds is 13. The first kappa shape index (κ1) is 34.2. The molecule has 228 valence electrons. The van der Waals surface area contributed by atoms with Crippen LogP contribution in [0.15, 0.2) is 103 Å². The third-order valence-electron chi connectivity index (χ3n) is 5.74. The van der Waals surface area contributed by atoms with E-state index in [0.29, 0.717) is 0 Å². The van der Waals surface area contributed by atoms with Crippen molar-refractivity contribution in [3.8, 4) is 0 Å². The maximum absolute atomic E-state index is 13.1. The van der Waals surface area contributed by atoms with Gasteiger partial charge in [-0.1, -0.05) is 97.6 Å². The lowest BCUT2D eigenvalue weighted by atomic mass is 10.0. The molecule has 0 spiro atoms. The number of ether oxygens (including phenoxy) is 1. The smallest absolute Gasteiger partial charge is 0.407 e. The van der Waals surface area contributed by atoms with E-state index in [4.69, 9.17) is 4.74 Å². The normalized spacial score (nSPS) is 11.8. The highest BCUT2D eigenvalue weighted by Crippen LogP contribution is 2.07. The highest BCUT2D eigenvalue weighted by Gasteiger charge is 2.27. The molecule has 0 saturated heterocycles. The molecular weight excluding hydrogens is 574 g/mol. The number of carboxylic acid groups (broad SMARTS) is 1.